The summed E-state index contributed by atoms with van der Waals surface area (Å²) in [5.41, 5.74) is 2.66. The first-order valence-electron chi connectivity index (χ1n) is 12.1. The Morgan fingerprint density at radius 2 is 1.83 bits per heavy atom. The highest BCUT2D eigenvalue weighted by Crippen LogP contribution is 2.59. The van der Waals surface area contributed by atoms with Crippen LogP contribution in [0.3, 0.4) is 0 Å². The van der Waals surface area contributed by atoms with Gasteiger partial charge in [-0.1, -0.05) is 50.0 Å². The largest absolute Gasteiger partial charge is 0.393 e. The zero-order chi connectivity index (χ0) is 21.2. The van der Waals surface area contributed by atoms with Crippen molar-refractivity contribution in [3.8, 4) is 0 Å². The Morgan fingerprint density at radius 3 is 2.48 bits per heavy atom. The molecule has 3 heteroatoms. The van der Waals surface area contributed by atoms with E-state index in [1.165, 1.54) is 44.1 Å². The number of aliphatic hydroxyl groups excluding tert-OH is 2. The Balaban J connectivity index is 1.66. The van der Waals surface area contributed by atoms with Crippen molar-refractivity contribution in [2.75, 3.05) is 0 Å². The van der Waals surface area contributed by atoms with Crippen LogP contribution >= 0.6 is 0 Å². The fraction of sp³-hybridized carbons (Fsp3) is 0.846. The number of aliphatic hydroxyl groups is 3. The van der Waals surface area contributed by atoms with Gasteiger partial charge in [0.2, 0.25) is 0 Å². The highest BCUT2D eigenvalue weighted by atomic mass is 16.3. The van der Waals surface area contributed by atoms with E-state index in [4.69, 9.17) is 0 Å². The third-order valence-electron chi connectivity index (χ3n) is 8.25. The van der Waals surface area contributed by atoms with Gasteiger partial charge in [0, 0.05) is 0 Å². The van der Waals surface area contributed by atoms with E-state index in [0.29, 0.717) is 36.5 Å². The zero-order valence-electron chi connectivity index (χ0n) is 19.2. The van der Waals surface area contributed by atoms with Crippen molar-refractivity contribution in [1.29, 1.82) is 0 Å². The molecule has 0 aliphatic heterocycles. The molecule has 0 amide bonds. The van der Waals surface area contributed by atoms with Crippen LogP contribution in [0.2, 0.25) is 0 Å². The Morgan fingerprint density at radius 1 is 1.14 bits per heavy atom. The maximum atomic E-state index is 10.0. The lowest BCUT2D eigenvalue weighted by atomic mass is 9.60. The van der Waals surface area contributed by atoms with E-state index in [9.17, 15) is 15.3 Å². The van der Waals surface area contributed by atoms with Crippen molar-refractivity contribution in [1.82, 2.24) is 0 Å². The minimum absolute atomic E-state index is 0.388. The van der Waals surface area contributed by atoms with E-state index >= 15 is 0 Å². The minimum atomic E-state index is -0.545. The second-order valence-corrected chi connectivity index (χ2v) is 11.3. The Kier molecular flexibility index (Phi) is 7.34. The smallest absolute Gasteiger partial charge is 0.0602 e. The summed E-state index contributed by atoms with van der Waals surface area (Å²) in [5, 5.41) is 29.9. The summed E-state index contributed by atoms with van der Waals surface area (Å²) in [4.78, 5) is 0. The molecule has 0 bridgehead atoms. The highest BCUT2D eigenvalue weighted by molar-refractivity contribution is 5.26. The van der Waals surface area contributed by atoms with E-state index in [1.807, 2.05) is 13.8 Å². The van der Waals surface area contributed by atoms with Gasteiger partial charge in [0.1, 0.15) is 0 Å². The topological polar surface area (TPSA) is 60.7 Å². The summed E-state index contributed by atoms with van der Waals surface area (Å²) in [6.45, 7) is 8.81. The van der Waals surface area contributed by atoms with Crippen molar-refractivity contribution >= 4 is 0 Å². The summed E-state index contributed by atoms with van der Waals surface area (Å²) < 4.78 is 0. The molecule has 3 nitrogen and oxygen atoms in total. The van der Waals surface area contributed by atoms with Crippen LogP contribution in [0.1, 0.15) is 98.3 Å². The normalized spacial score (nSPS) is 38.2. The van der Waals surface area contributed by atoms with Gasteiger partial charge in [-0.3, -0.25) is 0 Å². The number of hydrogen-bond acceptors (Lipinski definition) is 3. The number of rotatable bonds is 6. The van der Waals surface area contributed by atoms with Crippen LogP contribution in [0.4, 0.5) is 0 Å². The molecule has 166 valence electrons. The van der Waals surface area contributed by atoms with Crippen LogP contribution in [0.25, 0.3) is 0 Å². The first-order chi connectivity index (χ1) is 13.6. The molecule has 3 rings (SSSR count). The SMILES string of the molecule is C[C@H](CCCC(C)(C)O)[C@H]1CC[C@H]2C(=CC=C3C[C@@H](O)C[C@H](O)C3)CCC[C@]12C. The third kappa shape index (κ3) is 5.74. The van der Waals surface area contributed by atoms with Gasteiger partial charge in [-0.05, 0) is 94.8 Å². The molecule has 0 aromatic carbocycles. The van der Waals surface area contributed by atoms with Crippen molar-refractivity contribution in [2.45, 2.75) is 116 Å². The fourth-order valence-corrected chi connectivity index (χ4v) is 6.80. The molecule has 0 aromatic rings. The quantitative estimate of drug-likeness (QED) is 0.545. The molecule has 0 aromatic heterocycles. The van der Waals surface area contributed by atoms with Gasteiger partial charge >= 0.3 is 0 Å². The lowest BCUT2D eigenvalue weighted by Crippen LogP contribution is -2.36. The molecule has 3 aliphatic carbocycles. The number of allylic oxidation sites excluding steroid dienone is 3. The molecule has 0 radical (unpaired) electrons. The Labute approximate surface area is 178 Å². The van der Waals surface area contributed by atoms with E-state index < -0.39 is 5.60 Å². The third-order valence-corrected chi connectivity index (χ3v) is 8.25. The van der Waals surface area contributed by atoms with Crippen molar-refractivity contribution < 1.29 is 15.3 Å². The lowest BCUT2D eigenvalue weighted by Gasteiger charge is -2.44. The van der Waals surface area contributed by atoms with Crippen LogP contribution in [0.5, 0.6) is 0 Å². The summed E-state index contributed by atoms with van der Waals surface area (Å²) >= 11 is 0. The van der Waals surface area contributed by atoms with Gasteiger partial charge in [-0.25, -0.2) is 0 Å². The van der Waals surface area contributed by atoms with Crippen LogP contribution in [0.15, 0.2) is 23.3 Å². The predicted molar refractivity (Wildman–Crippen MR) is 120 cm³/mol. The van der Waals surface area contributed by atoms with E-state index in [0.717, 1.165) is 18.8 Å². The average molecular weight is 405 g/mol. The molecule has 0 unspecified atom stereocenters. The maximum Gasteiger partial charge on any atom is 0.0602 e. The predicted octanol–water partition coefficient (Wildman–Crippen LogP) is 5.54. The molecular formula is C26H44O3. The molecule has 0 spiro atoms. The molecule has 0 heterocycles. The van der Waals surface area contributed by atoms with Gasteiger partial charge in [0.05, 0.1) is 17.8 Å². The summed E-state index contributed by atoms with van der Waals surface area (Å²) in [5.74, 6) is 2.19. The number of fused-ring (bicyclic) bond motifs is 1. The summed E-state index contributed by atoms with van der Waals surface area (Å²) in [6.07, 6.45) is 15.4. The minimum Gasteiger partial charge on any atom is -0.393 e. The van der Waals surface area contributed by atoms with Crippen molar-refractivity contribution in [2.24, 2.45) is 23.2 Å². The molecule has 29 heavy (non-hydrogen) atoms. The fourth-order valence-electron chi connectivity index (χ4n) is 6.80. The van der Waals surface area contributed by atoms with Crippen molar-refractivity contribution in [3.63, 3.8) is 0 Å². The van der Waals surface area contributed by atoms with Crippen LogP contribution in [0, 0.1) is 23.2 Å². The maximum absolute atomic E-state index is 10.0. The summed E-state index contributed by atoms with van der Waals surface area (Å²) in [7, 11) is 0. The van der Waals surface area contributed by atoms with Gasteiger partial charge in [0.25, 0.3) is 0 Å². The monoisotopic (exact) mass is 404 g/mol. The van der Waals surface area contributed by atoms with Crippen molar-refractivity contribution in [3.05, 3.63) is 23.3 Å². The molecule has 0 saturated heterocycles. The first-order valence-corrected chi connectivity index (χ1v) is 12.1. The average Bonchev–Trinajstić information content (AvgIpc) is 2.95. The van der Waals surface area contributed by atoms with Gasteiger partial charge < -0.3 is 15.3 Å². The molecule has 3 aliphatic rings. The van der Waals surface area contributed by atoms with Crippen LogP contribution in [-0.4, -0.2) is 33.1 Å². The van der Waals surface area contributed by atoms with E-state index in [2.05, 4.69) is 26.0 Å². The van der Waals surface area contributed by atoms with E-state index in [1.54, 1.807) is 5.57 Å². The lowest BCUT2D eigenvalue weighted by molar-refractivity contribution is 0.0591. The highest BCUT2D eigenvalue weighted by Gasteiger charge is 2.50. The molecule has 3 saturated carbocycles. The van der Waals surface area contributed by atoms with Gasteiger partial charge in [-0.15, -0.1) is 0 Å². The van der Waals surface area contributed by atoms with Crippen LogP contribution in [-0.2, 0) is 0 Å². The first kappa shape index (κ1) is 23.0. The second-order valence-electron chi connectivity index (χ2n) is 11.3. The molecule has 3 fully saturated rings. The molecule has 6 atom stereocenters. The van der Waals surface area contributed by atoms with Gasteiger partial charge in [0.15, 0.2) is 0 Å². The van der Waals surface area contributed by atoms with E-state index in [-0.39, 0.29) is 12.2 Å². The number of hydrogen-bond donors (Lipinski definition) is 3. The van der Waals surface area contributed by atoms with Crippen LogP contribution < -0.4 is 0 Å². The summed E-state index contributed by atoms with van der Waals surface area (Å²) in [6, 6.07) is 0. The second kappa shape index (κ2) is 9.24. The molecule has 3 N–H and O–H groups in total. The standard InChI is InChI=1S/C26H44O3/c1-18(7-5-13-25(2,3)29)23-11-12-24-20(8-6-14-26(23,24)4)10-9-19-15-21(27)17-22(28)16-19/h9-10,18,21-24,27-29H,5-8,11-17H2,1-4H3/t18-,21-,22-,23-,24+,26-/m1/s1. The Bertz CT molecular complexity index is 602. The Hall–Kier alpha value is -0.640. The van der Waals surface area contributed by atoms with Gasteiger partial charge in [-0.2, -0.15) is 0 Å². The zero-order valence-corrected chi connectivity index (χ0v) is 19.2. The molecular weight excluding hydrogens is 360 g/mol.